The Balaban J connectivity index is 1.89. The van der Waals surface area contributed by atoms with Gasteiger partial charge in [-0.3, -0.25) is 4.79 Å². The van der Waals surface area contributed by atoms with Crippen LogP contribution in [0.4, 0.5) is 4.79 Å². The molecular weight excluding hydrogens is 232 g/mol. The maximum absolute atomic E-state index is 12.2. The van der Waals surface area contributed by atoms with E-state index in [1.165, 1.54) is 6.42 Å². The third kappa shape index (κ3) is 2.60. The van der Waals surface area contributed by atoms with Gasteiger partial charge in [-0.2, -0.15) is 0 Å². The Hall–Kier alpha value is -1.26. The van der Waals surface area contributed by atoms with E-state index in [9.17, 15) is 9.59 Å². The number of carboxylic acids is 1. The molecule has 0 unspecified atom stereocenters. The van der Waals surface area contributed by atoms with Crippen LogP contribution < -0.4 is 0 Å². The minimum Gasteiger partial charge on any atom is -0.481 e. The quantitative estimate of drug-likeness (QED) is 0.776. The molecule has 0 aromatic carbocycles. The molecule has 102 valence electrons. The second-order valence-electron chi connectivity index (χ2n) is 5.68. The van der Waals surface area contributed by atoms with Gasteiger partial charge in [0, 0.05) is 26.2 Å². The normalized spacial score (nSPS) is 23.8. The second kappa shape index (κ2) is 5.16. The molecule has 0 radical (unpaired) electrons. The van der Waals surface area contributed by atoms with Gasteiger partial charge >= 0.3 is 12.0 Å². The van der Waals surface area contributed by atoms with Crippen LogP contribution in [0.25, 0.3) is 0 Å². The van der Waals surface area contributed by atoms with E-state index < -0.39 is 11.4 Å². The predicted molar refractivity (Wildman–Crippen MR) is 67.4 cm³/mol. The number of carboxylic acid groups (broad SMARTS) is 1. The molecule has 1 N–H and O–H groups in total. The molecule has 2 aliphatic heterocycles. The lowest BCUT2D eigenvalue weighted by molar-refractivity contribution is -0.150. The van der Waals surface area contributed by atoms with Crippen LogP contribution in [0, 0.1) is 5.41 Å². The molecule has 2 saturated heterocycles. The molecule has 0 aliphatic carbocycles. The van der Waals surface area contributed by atoms with Crippen molar-refractivity contribution in [3.05, 3.63) is 0 Å². The van der Waals surface area contributed by atoms with Crippen LogP contribution in [0.1, 0.15) is 39.0 Å². The van der Waals surface area contributed by atoms with Crippen molar-refractivity contribution in [2.75, 3.05) is 26.2 Å². The lowest BCUT2D eigenvalue weighted by atomic mass is 9.80. The van der Waals surface area contributed by atoms with Crippen molar-refractivity contribution in [3.8, 4) is 0 Å². The molecule has 2 fully saturated rings. The summed E-state index contributed by atoms with van der Waals surface area (Å²) in [5, 5.41) is 9.16. The summed E-state index contributed by atoms with van der Waals surface area (Å²) in [7, 11) is 0. The number of rotatable bonds is 1. The number of urea groups is 1. The van der Waals surface area contributed by atoms with Gasteiger partial charge in [0.05, 0.1) is 5.41 Å². The van der Waals surface area contributed by atoms with E-state index in [2.05, 4.69) is 0 Å². The zero-order valence-corrected chi connectivity index (χ0v) is 11.0. The zero-order valence-electron chi connectivity index (χ0n) is 11.0. The standard InChI is InChI=1S/C13H22N2O3/c1-13(11(16)17)5-9-15(10-6-13)12(18)14-7-3-2-4-8-14/h2-10H2,1H3,(H,16,17). The van der Waals surface area contributed by atoms with Gasteiger partial charge in [-0.15, -0.1) is 0 Å². The Labute approximate surface area is 108 Å². The smallest absolute Gasteiger partial charge is 0.319 e. The van der Waals surface area contributed by atoms with Crippen LogP contribution in [0.5, 0.6) is 0 Å². The molecule has 0 atom stereocenters. The van der Waals surface area contributed by atoms with Crippen molar-refractivity contribution < 1.29 is 14.7 Å². The Morgan fingerprint density at radius 3 is 1.94 bits per heavy atom. The Bertz CT molecular complexity index is 329. The molecule has 5 heteroatoms. The van der Waals surface area contributed by atoms with E-state index in [1.54, 1.807) is 6.92 Å². The minimum atomic E-state index is -0.743. The maximum atomic E-state index is 12.2. The first kappa shape index (κ1) is 13.2. The first-order valence-corrected chi connectivity index (χ1v) is 6.80. The van der Waals surface area contributed by atoms with Crippen LogP contribution >= 0.6 is 0 Å². The number of amides is 2. The summed E-state index contributed by atoms with van der Waals surface area (Å²) in [6.45, 7) is 4.62. The lowest BCUT2D eigenvalue weighted by Gasteiger charge is -2.39. The van der Waals surface area contributed by atoms with Crippen molar-refractivity contribution in [1.29, 1.82) is 0 Å². The number of hydrogen-bond donors (Lipinski definition) is 1. The highest BCUT2D eigenvalue weighted by Gasteiger charge is 2.38. The first-order valence-electron chi connectivity index (χ1n) is 6.80. The van der Waals surface area contributed by atoms with Crippen LogP contribution in [-0.4, -0.2) is 53.1 Å². The summed E-state index contributed by atoms with van der Waals surface area (Å²) in [4.78, 5) is 27.1. The van der Waals surface area contributed by atoms with Gasteiger partial charge < -0.3 is 14.9 Å². The van der Waals surface area contributed by atoms with Crippen LogP contribution in [-0.2, 0) is 4.79 Å². The highest BCUT2D eigenvalue weighted by atomic mass is 16.4. The van der Waals surface area contributed by atoms with Crippen LogP contribution in [0.15, 0.2) is 0 Å². The third-order valence-corrected chi connectivity index (χ3v) is 4.28. The van der Waals surface area contributed by atoms with E-state index in [-0.39, 0.29) is 6.03 Å². The van der Waals surface area contributed by atoms with Crippen LogP contribution in [0.2, 0.25) is 0 Å². The average Bonchev–Trinajstić information content (AvgIpc) is 2.40. The number of carbonyl (C=O) groups excluding carboxylic acids is 1. The number of carbonyl (C=O) groups is 2. The molecule has 2 aliphatic rings. The molecule has 2 amide bonds. The molecule has 0 bridgehead atoms. The molecule has 0 aromatic heterocycles. The number of hydrogen-bond acceptors (Lipinski definition) is 2. The largest absolute Gasteiger partial charge is 0.481 e. The Morgan fingerprint density at radius 1 is 0.944 bits per heavy atom. The van der Waals surface area contributed by atoms with Crippen LogP contribution in [0.3, 0.4) is 0 Å². The summed E-state index contributed by atoms with van der Waals surface area (Å²) >= 11 is 0. The molecule has 2 rings (SSSR count). The Kier molecular flexibility index (Phi) is 3.78. The van der Waals surface area contributed by atoms with Gasteiger partial charge in [-0.25, -0.2) is 4.79 Å². The highest BCUT2D eigenvalue weighted by molar-refractivity contribution is 5.77. The summed E-state index contributed by atoms with van der Waals surface area (Å²) in [6, 6.07) is 0.0992. The van der Waals surface area contributed by atoms with Crippen molar-refractivity contribution in [3.63, 3.8) is 0 Å². The van der Waals surface area contributed by atoms with Gasteiger partial charge in [0.1, 0.15) is 0 Å². The second-order valence-corrected chi connectivity index (χ2v) is 5.68. The molecule has 0 spiro atoms. The van der Waals surface area contributed by atoms with Gasteiger partial charge in [0.15, 0.2) is 0 Å². The summed E-state index contributed by atoms with van der Waals surface area (Å²) < 4.78 is 0. The molecule has 0 aromatic rings. The van der Waals surface area contributed by atoms with Gasteiger partial charge in [0.25, 0.3) is 0 Å². The summed E-state index contributed by atoms with van der Waals surface area (Å²) in [5.74, 6) is -0.743. The number of likely N-dealkylation sites (tertiary alicyclic amines) is 2. The maximum Gasteiger partial charge on any atom is 0.319 e. The highest BCUT2D eigenvalue weighted by Crippen LogP contribution is 2.31. The topological polar surface area (TPSA) is 60.9 Å². The van der Waals surface area contributed by atoms with E-state index in [0.717, 1.165) is 25.9 Å². The van der Waals surface area contributed by atoms with Crippen molar-refractivity contribution in [2.24, 2.45) is 5.41 Å². The van der Waals surface area contributed by atoms with Gasteiger partial charge in [0.2, 0.25) is 0 Å². The van der Waals surface area contributed by atoms with E-state index in [0.29, 0.717) is 25.9 Å². The zero-order chi connectivity index (χ0) is 13.2. The van der Waals surface area contributed by atoms with E-state index in [1.807, 2.05) is 9.80 Å². The molecular formula is C13H22N2O3. The lowest BCUT2D eigenvalue weighted by Crippen LogP contribution is -2.51. The monoisotopic (exact) mass is 254 g/mol. The summed E-state index contributed by atoms with van der Waals surface area (Å²) in [6.07, 6.45) is 4.50. The van der Waals surface area contributed by atoms with E-state index in [4.69, 9.17) is 5.11 Å². The van der Waals surface area contributed by atoms with Crippen molar-refractivity contribution in [2.45, 2.75) is 39.0 Å². The molecule has 18 heavy (non-hydrogen) atoms. The minimum absolute atomic E-state index is 0.0992. The number of nitrogens with zero attached hydrogens (tertiary/aromatic N) is 2. The number of aliphatic carboxylic acids is 1. The first-order chi connectivity index (χ1) is 8.53. The molecule has 0 saturated carbocycles. The van der Waals surface area contributed by atoms with Gasteiger partial charge in [-0.05, 0) is 39.0 Å². The number of piperidine rings is 2. The third-order valence-electron chi connectivity index (χ3n) is 4.28. The fraction of sp³-hybridized carbons (Fsp3) is 0.846. The fourth-order valence-corrected chi connectivity index (χ4v) is 2.69. The van der Waals surface area contributed by atoms with E-state index >= 15 is 0 Å². The summed E-state index contributed by atoms with van der Waals surface area (Å²) in [5.41, 5.74) is -0.654. The van der Waals surface area contributed by atoms with Crippen molar-refractivity contribution in [1.82, 2.24) is 9.80 Å². The molecule has 5 nitrogen and oxygen atoms in total. The van der Waals surface area contributed by atoms with Crippen molar-refractivity contribution >= 4 is 12.0 Å². The van der Waals surface area contributed by atoms with Gasteiger partial charge in [-0.1, -0.05) is 0 Å². The fourth-order valence-electron chi connectivity index (χ4n) is 2.69. The average molecular weight is 254 g/mol. The predicted octanol–water partition coefficient (Wildman–Crippen LogP) is 1.78. The molecule has 2 heterocycles. The Morgan fingerprint density at radius 2 is 1.44 bits per heavy atom. The SMILES string of the molecule is CC1(C(=O)O)CCN(C(=O)N2CCCCC2)CC1.